The van der Waals surface area contributed by atoms with Crippen LogP contribution in [0.2, 0.25) is 5.02 Å². The molecule has 0 saturated carbocycles. The van der Waals surface area contributed by atoms with E-state index in [-0.39, 0.29) is 5.91 Å². The summed E-state index contributed by atoms with van der Waals surface area (Å²) in [4.78, 5) is 13.0. The van der Waals surface area contributed by atoms with Crippen LogP contribution in [0.4, 0.5) is 11.4 Å². The van der Waals surface area contributed by atoms with Gasteiger partial charge in [-0.1, -0.05) is 17.7 Å². The number of thiophene rings is 1. The van der Waals surface area contributed by atoms with Gasteiger partial charge in [0.2, 0.25) is 5.91 Å². The first-order chi connectivity index (χ1) is 10.1. The average Bonchev–Trinajstić information content (AvgIpc) is 2.95. The van der Waals surface area contributed by atoms with Crippen LogP contribution in [-0.4, -0.2) is 19.1 Å². The van der Waals surface area contributed by atoms with E-state index in [1.807, 2.05) is 11.4 Å². The van der Waals surface area contributed by atoms with E-state index < -0.39 is 0 Å². The number of rotatable bonds is 7. The van der Waals surface area contributed by atoms with E-state index >= 15 is 0 Å². The Labute approximate surface area is 132 Å². The SMILES string of the molecule is Nc1ccc(NC(=O)CCOCCc2cccs2)c(Cl)c1. The molecule has 0 aliphatic heterocycles. The Morgan fingerprint density at radius 1 is 1.33 bits per heavy atom. The third kappa shape index (κ3) is 5.38. The number of hydrogen-bond donors (Lipinski definition) is 2. The first-order valence-corrected chi connectivity index (χ1v) is 7.86. The fraction of sp³-hybridized carbons (Fsp3) is 0.267. The van der Waals surface area contributed by atoms with Crippen LogP contribution in [0.15, 0.2) is 35.7 Å². The first-order valence-electron chi connectivity index (χ1n) is 6.60. The van der Waals surface area contributed by atoms with E-state index in [1.165, 1.54) is 4.88 Å². The minimum absolute atomic E-state index is 0.127. The number of carbonyl (C=O) groups is 1. The van der Waals surface area contributed by atoms with Gasteiger partial charge in [-0.15, -0.1) is 11.3 Å². The summed E-state index contributed by atoms with van der Waals surface area (Å²) in [7, 11) is 0. The van der Waals surface area contributed by atoms with Crippen molar-refractivity contribution in [1.82, 2.24) is 0 Å². The molecule has 0 unspecified atom stereocenters. The van der Waals surface area contributed by atoms with Crippen molar-refractivity contribution in [2.75, 3.05) is 24.3 Å². The van der Waals surface area contributed by atoms with Gasteiger partial charge in [-0.05, 0) is 29.6 Å². The molecule has 1 aromatic carbocycles. The molecule has 3 N–H and O–H groups in total. The molecule has 0 fully saturated rings. The van der Waals surface area contributed by atoms with Crippen LogP contribution >= 0.6 is 22.9 Å². The quantitative estimate of drug-likeness (QED) is 0.604. The molecule has 0 saturated heterocycles. The molecule has 21 heavy (non-hydrogen) atoms. The minimum atomic E-state index is -0.127. The zero-order chi connectivity index (χ0) is 15.1. The molecule has 112 valence electrons. The molecule has 6 heteroatoms. The molecule has 0 bridgehead atoms. The van der Waals surface area contributed by atoms with Crippen LogP contribution in [-0.2, 0) is 16.0 Å². The molecule has 2 rings (SSSR count). The van der Waals surface area contributed by atoms with Crippen molar-refractivity contribution < 1.29 is 9.53 Å². The summed E-state index contributed by atoms with van der Waals surface area (Å²) >= 11 is 7.70. The topological polar surface area (TPSA) is 64.3 Å². The van der Waals surface area contributed by atoms with Gasteiger partial charge in [0.05, 0.1) is 30.3 Å². The van der Waals surface area contributed by atoms with Crippen LogP contribution in [0, 0.1) is 0 Å². The summed E-state index contributed by atoms with van der Waals surface area (Å²) in [5.41, 5.74) is 6.72. The Morgan fingerprint density at radius 3 is 2.90 bits per heavy atom. The number of nitrogen functional groups attached to an aromatic ring is 1. The van der Waals surface area contributed by atoms with Crippen molar-refractivity contribution >= 4 is 40.2 Å². The number of amides is 1. The zero-order valence-electron chi connectivity index (χ0n) is 11.5. The van der Waals surface area contributed by atoms with Gasteiger partial charge in [0.25, 0.3) is 0 Å². The first kappa shape index (κ1) is 15.8. The maximum Gasteiger partial charge on any atom is 0.226 e. The highest BCUT2D eigenvalue weighted by molar-refractivity contribution is 7.09. The maximum absolute atomic E-state index is 11.8. The van der Waals surface area contributed by atoms with Crippen molar-refractivity contribution in [3.63, 3.8) is 0 Å². The van der Waals surface area contributed by atoms with E-state index in [9.17, 15) is 4.79 Å². The van der Waals surface area contributed by atoms with Crippen LogP contribution in [0.1, 0.15) is 11.3 Å². The van der Waals surface area contributed by atoms with Crippen molar-refractivity contribution in [3.8, 4) is 0 Å². The molecule has 0 aliphatic carbocycles. The molecule has 0 spiro atoms. The highest BCUT2D eigenvalue weighted by Gasteiger charge is 2.06. The summed E-state index contributed by atoms with van der Waals surface area (Å²) in [5.74, 6) is -0.127. The van der Waals surface area contributed by atoms with Crippen LogP contribution in [0.3, 0.4) is 0 Å². The lowest BCUT2D eigenvalue weighted by Gasteiger charge is -2.08. The Balaban J connectivity index is 1.65. The Morgan fingerprint density at radius 2 is 2.19 bits per heavy atom. The van der Waals surface area contributed by atoms with E-state index in [0.29, 0.717) is 36.0 Å². The fourth-order valence-electron chi connectivity index (χ4n) is 1.74. The van der Waals surface area contributed by atoms with Crippen LogP contribution in [0.5, 0.6) is 0 Å². The van der Waals surface area contributed by atoms with E-state index in [1.54, 1.807) is 29.5 Å². The van der Waals surface area contributed by atoms with Gasteiger partial charge in [-0.25, -0.2) is 0 Å². The number of ether oxygens (including phenoxy) is 1. The van der Waals surface area contributed by atoms with Gasteiger partial charge in [0.1, 0.15) is 0 Å². The Kier molecular flexibility index (Phi) is 6.04. The predicted octanol–water partition coefficient (Wildman–Crippen LogP) is 3.57. The number of nitrogens with two attached hydrogens (primary N) is 1. The largest absolute Gasteiger partial charge is 0.399 e. The second-order valence-corrected chi connectivity index (χ2v) is 5.92. The molecular weight excluding hydrogens is 308 g/mol. The Hall–Kier alpha value is -1.56. The lowest BCUT2D eigenvalue weighted by molar-refractivity contribution is -0.117. The van der Waals surface area contributed by atoms with Crippen molar-refractivity contribution in [1.29, 1.82) is 0 Å². The number of anilines is 2. The molecule has 0 aliphatic rings. The minimum Gasteiger partial charge on any atom is -0.399 e. The van der Waals surface area contributed by atoms with E-state index in [4.69, 9.17) is 22.1 Å². The van der Waals surface area contributed by atoms with Gasteiger partial charge >= 0.3 is 0 Å². The molecular formula is C15H17ClN2O2S. The van der Waals surface area contributed by atoms with E-state index in [2.05, 4.69) is 11.4 Å². The van der Waals surface area contributed by atoms with Crippen LogP contribution < -0.4 is 11.1 Å². The molecule has 4 nitrogen and oxygen atoms in total. The van der Waals surface area contributed by atoms with Crippen molar-refractivity contribution in [2.45, 2.75) is 12.8 Å². The predicted molar refractivity (Wildman–Crippen MR) is 88.0 cm³/mol. The maximum atomic E-state index is 11.8. The summed E-state index contributed by atoms with van der Waals surface area (Å²) in [6.07, 6.45) is 1.17. The third-order valence-electron chi connectivity index (χ3n) is 2.81. The smallest absolute Gasteiger partial charge is 0.226 e. The molecule has 0 atom stereocenters. The molecule has 2 aromatic rings. The highest BCUT2D eigenvalue weighted by atomic mass is 35.5. The van der Waals surface area contributed by atoms with E-state index in [0.717, 1.165) is 6.42 Å². The number of hydrogen-bond acceptors (Lipinski definition) is 4. The van der Waals surface area contributed by atoms with Gasteiger partial charge in [0, 0.05) is 17.0 Å². The second kappa shape index (κ2) is 8.02. The molecule has 1 aromatic heterocycles. The molecule has 0 radical (unpaired) electrons. The summed E-state index contributed by atoms with van der Waals surface area (Å²) in [6.45, 7) is 1.01. The number of nitrogens with one attached hydrogen (secondary N) is 1. The van der Waals surface area contributed by atoms with Crippen molar-refractivity contribution in [3.05, 3.63) is 45.6 Å². The number of halogens is 1. The number of benzene rings is 1. The average molecular weight is 325 g/mol. The summed E-state index contributed by atoms with van der Waals surface area (Å²) < 4.78 is 5.46. The van der Waals surface area contributed by atoms with Gasteiger partial charge in [-0.2, -0.15) is 0 Å². The van der Waals surface area contributed by atoms with Gasteiger partial charge < -0.3 is 15.8 Å². The standard InChI is InChI=1S/C15H17ClN2O2S/c16-13-10-11(17)3-4-14(13)18-15(19)6-8-20-7-5-12-2-1-9-21-12/h1-4,9-10H,5-8,17H2,(H,18,19). The monoisotopic (exact) mass is 324 g/mol. The second-order valence-electron chi connectivity index (χ2n) is 4.48. The fourth-order valence-corrected chi connectivity index (χ4v) is 2.67. The van der Waals surface area contributed by atoms with Crippen molar-refractivity contribution in [2.24, 2.45) is 0 Å². The highest BCUT2D eigenvalue weighted by Crippen LogP contribution is 2.24. The number of carbonyl (C=O) groups excluding carboxylic acids is 1. The molecule has 1 amide bonds. The van der Waals surface area contributed by atoms with Crippen LogP contribution in [0.25, 0.3) is 0 Å². The third-order valence-corrected chi connectivity index (χ3v) is 4.06. The lowest BCUT2D eigenvalue weighted by atomic mass is 10.2. The summed E-state index contributed by atoms with van der Waals surface area (Å²) in [6, 6.07) is 9.08. The Bertz CT molecular complexity index is 587. The zero-order valence-corrected chi connectivity index (χ0v) is 13.0. The normalized spacial score (nSPS) is 10.5. The van der Waals surface area contributed by atoms with Gasteiger partial charge in [0.15, 0.2) is 0 Å². The summed E-state index contributed by atoms with van der Waals surface area (Å²) in [5, 5.41) is 5.21. The lowest BCUT2D eigenvalue weighted by Crippen LogP contribution is -2.15. The van der Waals surface area contributed by atoms with Gasteiger partial charge in [-0.3, -0.25) is 4.79 Å². The molecule has 1 heterocycles.